The van der Waals surface area contributed by atoms with Crippen molar-refractivity contribution in [2.45, 2.75) is 46.8 Å². The summed E-state index contributed by atoms with van der Waals surface area (Å²) in [5.74, 6) is -0.118. The van der Waals surface area contributed by atoms with Crippen LogP contribution in [-0.4, -0.2) is 56.1 Å². The molecule has 1 amide bonds. The van der Waals surface area contributed by atoms with Gasteiger partial charge in [0.2, 0.25) is 0 Å². The molecule has 0 spiro atoms. The average molecular weight is 418 g/mol. The van der Waals surface area contributed by atoms with E-state index in [-0.39, 0.29) is 11.8 Å². The lowest BCUT2D eigenvalue weighted by Crippen LogP contribution is -2.49. The van der Waals surface area contributed by atoms with Gasteiger partial charge in [-0.3, -0.25) is 4.90 Å². The van der Waals surface area contributed by atoms with E-state index in [1.54, 1.807) is 11.8 Å². The van der Waals surface area contributed by atoms with Gasteiger partial charge in [-0.05, 0) is 51.8 Å². The molecule has 158 valence electrons. The molecule has 0 atom stereocenters. The largest absolute Gasteiger partial charge is 0.488 e. The molecule has 1 aliphatic rings. The van der Waals surface area contributed by atoms with E-state index in [2.05, 4.69) is 9.08 Å². The van der Waals surface area contributed by atoms with E-state index in [0.717, 1.165) is 11.1 Å². The number of piperazine rings is 1. The number of halogens is 1. The van der Waals surface area contributed by atoms with E-state index in [1.165, 1.54) is 6.07 Å². The average Bonchev–Trinajstić information content (AvgIpc) is 2.55. The Morgan fingerprint density at radius 1 is 1.18 bits per heavy atom. The molecule has 2 N–H and O–H groups in total. The molecule has 0 aromatic heterocycles. The van der Waals surface area contributed by atoms with Gasteiger partial charge < -0.3 is 19.6 Å². The zero-order valence-electron chi connectivity index (χ0n) is 16.9. The molecule has 28 heavy (non-hydrogen) atoms. The minimum Gasteiger partial charge on any atom is -0.444 e. The summed E-state index contributed by atoms with van der Waals surface area (Å²) < 4.78 is 44.5. The molecule has 1 fully saturated rings. The van der Waals surface area contributed by atoms with Crippen molar-refractivity contribution in [3.8, 4) is 5.75 Å². The molecule has 1 aromatic carbocycles. The number of nitrogens with two attached hydrogens (primary N) is 1. The summed E-state index contributed by atoms with van der Waals surface area (Å²) in [7, 11) is -5.14. The van der Waals surface area contributed by atoms with E-state index < -0.39 is 16.1 Å². The van der Waals surface area contributed by atoms with Crippen molar-refractivity contribution in [2.75, 3.05) is 31.9 Å². The van der Waals surface area contributed by atoms with Crippen LogP contribution in [0.3, 0.4) is 0 Å². The van der Waals surface area contributed by atoms with Gasteiger partial charge in [0.25, 0.3) is 0 Å². The lowest BCUT2D eigenvalue weighted by molar-refractivity contribution is 0.0139. The standard InChI is InChI=1S/C18H28FN3O5S/c1-12-14(10-15(13(2)16(12)20)27-28(19,24)25)11-21-6-8-22(9-7-21)17(23)26-18(3,4)5/h10H,6-9,11,20H2,1-5H3. The van der Waals surface area contributed by atoms with E-state index in [9.17, 15) is 17.1 Å². The molecule has 1 aliphatic heterocycles. The topological polar surface area (TPSA) is 102 Å². The summed E-state index contributed by atoms with van der Waals surface area (Å²) in [5.41, 5.74) is 7.77. The van der Waals surface area contributed by atoms with Crippen molar-refractivity contribution in [3.63, 3.8) is 0 Å². The number of anilines is 1. The van der Waals surface area contributed by atoms with E-state index in [0.29, 0.717) is 44.0 Å². The quantitative estimate of drug-likeness (QED) is 0.593. The number of nitrogen functional groups attached to an aromatic ring is 1. The van der Waals surface area contributed by atoms with Crippen LogP contribution in [0.1, 0.15) is 37.5 Å². The van der Waals surface area contributed by atoms with Crippen LogP contribution >= 0.6 is 0 Å². The van der Waals surface area contributed by atoms with Gasteiger partial charge in [-0.2, -0.15) is 8.42 Å². The summed E-state index contributed by atoms with van der Waals surface area (Å²) in [5, 5.41) is 0. The van der Waals surface area contributed by atoms with Gasteiger partial charge in [-0.15, -0.1) is 0 Å². The van der Waals surface area contributed by atoms with Gasteiger partial charge in [0.15, 0.2) is 5.75 Å². The highest BCUT2D eigenvalue weighted by Gasteiger charge is 2.26. The first-order valence-corrected chi connectivity index (χ1v) is 10.3. The van der Waals surface area contributed by atoms with Crippen LogP contribution in [0, 0.1) is 13.8 Å². The number of amides is 1. The second kappa shape index (κ2) is 8.12. The number of hydrogen-bond donors (Lipinski definition) is 1. The van der Waals surface area contributed by atoms with Gasteiger partial charge >= 0.3 is 16.6 Å². The van der Waals surface area contributed by atoms with Crippen LogP contribution in [-0.2, 0) is 21.8 Å². The number of carbonyl (C=O) groups is 1. The van der Waals surface area contributed by atoms with Crippen LogP contribution in [0.2, 0.25) is 0 Å². The predicted molar refractivity (Wildman–Crippen MR) is 104 cm³/mol. The number of nitrogens with zero attached hydrogens (tertiary/aromatic N) is 2. The van der Waals surface area contributed by atoms with Crippen LogP contribution in [0.4, 0.5) is 14.4 Å². The van der Waals surface area contributed by atoms with Crippen molar-refractivity contribution in [3.05, 3.63) is 22.8 Å². The fourth-order valence-corrected chi connectivity index (χ4v) is 3.36. The first kappa shape index (κ1) is 22.2. The molecular weight excluding hydrogens is 389 g/mol. The fourth-order valence-electron chi connectivity index (χ4n) is 2.98. The Kier molecular flexibility index (Phi) is 6.44. The Morgan fingerprint density at radius 3 is 2.25 bits per heavy atom. The van der Waals surface area contributed by atoms with Crippen molar-refractivity contribution in [1.82, 2.24) is 9.80 Å². The Hall–Kier alpha value is -2.07. The van der Waals surface area contributed by atoms with Gasteiger partial charge in [0.1, 0.15) is 5.60 Å². The van der Waals surface area contributed by atoms with E-state index in [4.69, 9.17) is 10.5 Å². The summed E-state index contributed by atoms with van der Waals surface area (Å²) in [6, 6.07) is 1.50. The molecule has 0 aliphatic carbocycles. The zero-order valence-corrected chi connectivity index (χ0v) is 17.7. The maximum Gasteiger partial charge on any atom is 0.488 e. The fraction of sp³-hybridized carbons (Fsp3) is 0.611. The minimum absolute atomic E-state index is 0.118. The maximum atomic E-state index is 13.0. The second-order valence-electron chi connectivity index (χ2n) is 7.92. The lowest BCUT2D eigenvalue weighted by Gasteiger charge is -2.36. The summed E-state index contributed by atoms with van der Waals surface area (Å²) in [4.78, 5) is 15.9. The number of benzene rings is 1. The molecule has 2 rings (SSSR count). The molecule has 0 radical (unpaired) electrons. The van der Waals surface area contributed by atoms with Crippen LogP contribution in [0.15, 0.2) is 6.07 Å². The summed E-state index contributed by atoms with van der Waals surface area (Å²) in [6.45, 7) is 11.6. The van der Waals surface area contributed by atoms with Gasteiger partial charge in [-0.1, -0.05) is 3.89 Å². The third kappa shape index (κ3) is 5.96. The summed E-state index contributed by atoms with van der Waals surface area (Å²) >= 11 is 0. The Balaban J connectivity index is 2.08. The minimum atomic E-state index is -5.14. The highest BCUT2D eigenvalue weighted by molar-refractivity contribution is 7.81. The SMILES string of the molecule is Cc1c(CN2CCN(C(=O)OC(C)(C)C)CC2)cc(OS(=O)(=O)F)c(C)c1N. The number of carbonyl (C=O) groups excluding carboxylic acids is 1. The third-order valence-electron chi connectivity index (χ3n) is 4.57. The van der Waals surface area contributed by atoms with Crippen molar-refractivity contribution in [1.29, 1.82) is 0 Å². The third-order valence-corrected chi connectivity index (χ3v) is 4.95. The first-order chi connectivity index (χ1) is 12.8. The Labute approximate surface area is 165 Å². The molecule has 0 unspecified atom stereocenters. The normalized spacial score (nSPS) is 16.1. The van der Waals surface area contributed by atoms with Crippen LogP contribution in [0.25, 0.3) is 0 Å². The molecule has 8 nitrogen and oxygen atoms in total. The smallest absolute Gasteiger partial charge is 0.444 e. The van der Waals surface area contributed by atoms with Crippen molar-refractivity contribution in [2.24, 2.45) is 0 Å². The molecule has 0 bridgehead atoms. The molecule has 0 saturated carbocycles. The Morgan fingerprint density at radius 2 is 1.75 bits per heavy atom. The van der Waals surface area contributed by atoms with Crippen LogP contribution < -0.4 is 9.92 Å². The molecule has 1 saturated heterocycles. The van der Waals surface area contributed by atoms with Gasteiger partial charge in [-0.25, -0.2) is 4.79 Å². The first-order valence-electron chi connectivity index (χ1n) is 9.00. The number of rotatable bonds is 4. The molecule has 10 heteroatoms. The molecular formula is C18H28FN3O5S. The van der Waals surface area contributed by atoms with Crippen LogP contribution in [0.5, 0.6) is 5.75 Å². The van der Waals surface area contributed by atoms with E-state index >= 15 is 0 Å². The zero-order chi connectivity index (χ0) is 21.3. The maximum absolute atomic E-state index is 13.0. The lowest BCUT2D eigenvalue weighted by atomic mass is 10.0. The van der Waals surface area contributed by atoms with Crippen molar-refractivity contribution >= 4 is 22.3 Å². The second-order valence-corrected chi connectivity index (χ2v) is 8.87. The van der Waals surface area contributed by atoms with Crippen molar-refractivity contribution < 1.29 is 26.0 Å². The monoisotopic (exact) mass is 417 g/mol. The predicted octanol–water partition coefficient (Wildman–Crippen LogP) is 2.53. The molecule has 1 heterocycles. The Bertz CT molecular complexity index is 844. The summed E-state index contributed by atoms with van der Waals surface area (Å²) in [6.07, 6.45) is -0.341. The van der Waals surface area contributed by atoms with Gasteiger partial charge in [0.05, 0.1) is 0 Å². The molecule has 1 aromatic rings. The van der Waals surface area contributed by atoms with Gasteiger partial charge in [0, 0.05) is 44.0 Å². The highest BCUT2D eigenvalue weighted by atomic mass is 32.3. The van der Waals surface area contributed by atoms with E-state index in [1.807, 2.05) is 27.7 Å². The highest BCUT2D eigenvalue weighted by Crippen LogP contribution is 2.32. The number of hydrogen-bond acceptors (Lipinski definition) is 7. The number of ether oxygens (including phenoxy) is 1.